The molecule has 7 nitrogen and oxygen atoms in total. The SMILES string of the molecule is CC(Cc1ccccc1)C1C#CCC(C(O)CCc2ccc(O)c(OCCC(Cc3ccc[nH]3)C3=CCNC(N)=C3)c2)C(O)CCCC1. The number of phenolic OH excluding ortho intramolecular Hbond substituents is 1. The number of allylic oxidation sites excluding steroid dienone is 2. The topological polar surface area (TPSA) is 124 Å². The van der Waals surface area contributed by atoms with E-state index in [0.717, 1.165) is 49.8 Å². The van der Waals surface area contributed by atoms with Gasteiger partial charge in [-0.15, -0.1) is 5.92 Å². The van der Waals surface area contributed by atoms with Crippen LogP contribution >= 0.6 is 0 Å². The molecule has 48 heavy (non-hydrogen) atoms. The van der Waals surface area contributed by atoms with Crippen LogP contribution in [0.15, 0.2) is 90.4 Å². The van der Waals surface area contributed by atoms with E-state index in [0.29, 0.717) is 62.2 Å². The Labute approximate surface area is 286 Å². The quantitative estimate of drug-likeness (QED) is 0.112. The minimum atomic E-state index is -0.681. The van der Waals surface area contributed by atoms with E-state index < -0.39 is 12.2 Å². The van der Waals surface area contributed by atoms with Gasteiger partial charge in [-0.1, -0.05) is 68.2 Å². The fraction of sp³-hybridized carbons (Fsp3) is 0.463. The number of aromatic nitrogens is 1. The van der Waals surface area contributed by atoms with E-state index >= 15 is 0 Å². The van der Waals surface area contributed by atoms with Crippen molar-refractivity contribution in [3.8, 4) is 23.3 Å². The van der Waals surface area contributed by atoms with Crippen molar-refractivity contribution in [3.05, 3.63) is 107 Å². The van der Waals surface area contributed by atoms with Crippen molar-refractivity contribution < 1.29 is 20.1 Å². The van der Waals surface area contributed by atoms with Gasteiger partial charge in [0.25, 0.3) is 0 Å². The third-order valence-corrected chi connectivity index (χ3v) is 10.0. The summed E-state index contributed by atoms with van der Waals surface area (Å²) in [6.45, 7) is 3.42. The van der Waals surface area contributed by atoms with Crippen molar-refractivity contribution in [1.29, 1.82) is 0 Å². The number of H-pyrrole nitrogens is 1. The number of rotatable bonds is 14. The smallest absolute Gasteiger partial charge is 0.161 e. The van der Waals surface area contributed by atoms with Gasteiger partial charge >= 0.3 is 0 Å². The molecule has 6 unspecified atom stereocenters. The van der Waals surface area contributed by atoms with E-state index in [1.165, 1.54) is 11.1 Å². The number of ether oxygens (including phenoxy) is 1. The van der Waals surface area contributed by atoms with Crippen molar-refractivity contribution in [2.24, 2.45) is 29.4 Å². The molecule has 0 spiro atoms. The number of hydrogen-bond acceptors (Lipinski definition) is 6. The number of benzene rings is 2. The summed E-state index contributed by atoms with van der Waals surface area (Å²) in [5, 5.41) is 36.1. The van der Waals surface area contributed by atoms with Gasteiger partial charge in [-0.05, 0) is 104 Å². The lowest BCUT2D eigenvalue weighted by molar-refractivity contribution is 0.00552. The van der Waals surface area contributed by atoms with Gasteiger partial charge in [0.2, 0.25) is 0 Å². The highest BCUT2D eigenvalue weighted by molar-refractivity contribution is 5.42. The monoisotopic (exact) mass is 651 g/mol. The van der Waals surface area contributed by atoms with Gasteiger partial charge < -0.3 is 36.1 Å². The molecule has 0 fully saturated rings. The largest absolute Gasteiger partial charge is 0.504 e. The van der Waals surface area contributed by atoms with Crippen LogP contribution in [0, 0.1) is 35.5 Å². The van der Waals surface area contributed by atoms with E-state index in [1.54, 1.807) is 6.07 Å². The number of aryl methyl sites for hydroxylation is 1. The standard InChI is InChI=1S/C41H53N3O4/c1-29(25-30-9-3-2-4-10-30)32-11-5-6-15-37(45)36(14-7-12-32)38(46)18-16-31-17-19-39(47)40(26-31)48-24-21-34(27-35-13-8-22-43-35)33-20-23-44-41(42)28-33/h2-4,8-10,13,17,19-20,22,26,28-29,32,34,36-38,43-47H,5-6,11,14-16,18,21,23-25,27,42H2,1H3. The lowest BCUT2D eigenvalue weighted by Gasteiger charge is -2.28. The molecule has 1 aromatic heterocycles. The molecule has 5 rings (SSSR count). The Morgan fingerprint density at radius 1 is 1.00 bits per heavy atom. The van der Waals surface area contributed by atoms with Crippen LogP contribution in [0.4, 0.5) is 0 Å². The zero-order valence-electron chi connectivity index (χ0n) is 28.3. The second kappa shape index (κ2) is 17.9. The molecule has 6 atom stereocenters. The highest BCUT2D eigenvalue weighted by atomic mass is 16.5. The Bertz CT molecular complexity index is 1540. The van der Waals surface area contributed by atoms with Crippen LogP contribution in [-0.4, -0.2) is 45.7 Å². The molecule has 7 N–H and O–H groups in total. The van der Waals surface area contributed by atoms with E-state index in [2.05, 4.69) is 71.5 Å². The van der Waals surface area contributed by atoms with Crippen LogP contribution in [0.3, 0.4) is 0 Å². The van der Waals surface area contributed by atoms with Crippen LogP contribution in [0.2, 0.25) is 0 Å². The van der Waals surface area contributed by atoms with E-state index in [1.807, 2.05) is 30.5 Å². The van der Waals surface area contributed by atoms with Gasteiger partial charge in [0.1, 0.15) is 0 Å². The van der Waals surface area contributed by atoms with Crippen LogP contribution < -0.4 is 15.8 Å². The van der Waals surface area contributed by atoms with Gasteiger partial charge in [-0.3, -0.25) is 0 Å². The van der Waals surface area contributed by atoms with Gasteiger partial charge in [-0.2, -0.15) is 0 Å². The molecule has 2 aromatic carbocycles. The van der Waals surface area contributed by atoms with Gasteiger partial charge in [0, 0.05) is 36.7 Å². The summed E-state index contributed by atoms with van der Waals surface area (Å²) in [5.41, 5.74) is 10.7. The van der Waals surface area contributed by atoms with Crippen molar-refractivity contribution in [1.82, 2.24) is 10.3 Å². The molecule has 2 aliphatic rings. The molecule has 0 bridgehead atoms. The summed E-state index contributed by atoms with van der Waals surface area (Å²) in [7, 11) is 0. The number of aromatic hydroxyl groups is 1. The Kier molecular flexibility index (Phi) is 13.1. The summed E-state index contributed by atoms with van der Waals surface area (Å²) in [5.74, 6) is 8.78. The van der Waals surface area contributed by atoms with Crippen molar-refractivity contribution >= 4 is 0 Å². The van der Waals surface area contributed by atoms with Crippen molar-refractivity contribution in [2.45, 2.75) is 83.3 Å². The number of dihydropyridines is 1. The van der Waals surface area contributed by atoms with Crippen LogP contribution in [0.5, 0.6) is 11.5 Å². The third-order valence-electron chi connectivity index (χ3n) is 10.0. The minimum Gasteiger partial charge on any atom is -0.504 e. The van der Waals surface area contributed by atoms with Crippen molar-refractivity contribution in [2.75, 3.05) is 13.2 Å². The Morgan fingerprint density at radius 3 is 2.62 bits per heavy atom. The summed E-state index contributed by atoms with van der Waals surface area (Å²) in [6.07, 6.45) is 12.7. The first kappa shape index (κ1) is 35.2. The zero-order valence-corrected chi connectivity index (χ0v) is 28.3. The highest BCUT2D eigenvalue weighted by Crippen LogP contribution is 2.31. The van der Waals surface area contributed by atoms with Crippen LogP contribution in [0.25, 0.3) is 0 Å². The second-order valence-corrected chi connectivity index (χ2v) is 13.6. The normalized spacial score (nSPS) is 21.8. The average molecular weight is 652 g/mol. The Morgan fingerprint density at radius 2 is 1.83 bits per heavy atom. The molecule has 0 saturated carbocycles. The van der Waals surface area contributed by atoms with Gasteiger partial charge in [0.15, 0.2) is 11.5 Å². The molecule has 0 radical (unpaired) electrons. The minimum absolute atomic E-state index is 0.0968. The molecule has 0 amide bonds. The second-order valence-electron chi connectivity index (χ2n) is 13.6. The van der Waals surface area contributed by atoms with E-state index in [-0.39, 0.29) is 17.6 Å². The molecule has 1 aliphatic carbocycles. The predicted octanol–water partition coefficient (Wildman–Crippen LogP) is 6.41. The molecule has 0 saturated heterocycles. The number of nitrogens with one attached hydrogen (secondary N) is 2. The molecule has 7 heteroatoms. The van der Waals surface area contributed by atoms with E-state index in [4.69, 9.17) is 10.5 Å². The molecule has 256 valence electrons. The number of aliphatic hydroxyl groups is 2. The Balaban J connectivity index is 1.16. The van der Waals surface area contributed by atoms with Crippen LogP contribution in [0.1, 0.15) is 68.7 Å². The Hall–Kier alpha value is -4.12. The van der Waals surface area contributed by atoms with Crippen LogP contribution in [-0.2, 0) is 19.3 Å². The number of aromatic amines is 1. The number of hydrogen-bond donors (Lipinski definition) is 6. The summed E-state index contributed by atoms with van der Waals surface area (Å²) < 4.78 is 6.13. The average Bonchev–Trinajstić information content (AvgIpc) is 3.61. The molecular weight excluding hydrogens is 598 g/mol. The first-order chi connectivity index (χ1) is 23.4. The molecule has 3 aromatic rings. The molecular formula is C41H53N3O4. The third kappa shape index (κ3) is 10.4. The fourth-order valence-electron chi connectivity index (χ4n) is 7.07. The number of phenols is 1. The van der Waals surface area contributed by atoms with E-state index in [9.17, 15) is 15.3 Å². The lowest BCUT2D eigenvalue weighted by Crippen LogP contribution is -2.32. The maximum Gasteiger partial charge on any atom is 0.161 e. The van der Waals surface area contributed by atoms with Crippen molar-refractivity contribution in [3.63, 3.8) is 0 Å². The van der Waals surface area contributed by atoms with Gasteiger partial charge in [-0.25, -0.2) is 0 Å². The lowest BCUT2D eigenvalue weighted by atomic mass is 9.82. The first-order valence-corrected chi connectivity index (χ1v) is 17.7. The number of aliphatic hydroxyl groups excluding tert-OH is 2. The maximum atomic E-state index is 11.3. The zero-order chi connectivity index (χ0) is 33.7. The summed E-state index contributed by atoms with van der Waals surface area (Å²) in [6, 6.07) is 20.1. The first-order valence-electron chi connectivity index (χ1n) is 17.7. The molecule has 1 aliphatic heterocycles. The number of nitrogens with two attached hydrogens (primary N) is 1. The molecule has 2 heterocycles. The van der Waals surface area contributed by atoms with Gasteiger partial charge in [0.05, 0.1) is 24.6 Å². The summed E-state index contributed by atoms with van der Waals surface area (Å²) >= 11 is 0. The maximum absolute atomic E-state index is 11.3. The summed E-state index contributed by atoms with van der Waals surface area (Å²) in [4.78, 5) is 3.30. The fourth-order valence-corrected chi connectivity index (χ4v) is 7.07. The predicted molar refractivity (Wildman–Crippen MR) is 192 cm³/mol. The highest BCUT2D eigenvalue weighted by Gasteiger charge is 2.27.